The van der Waals surface area contributed by atoms with Crippen LogP contribution in [-0.2, 0) is 16.1 Å². The number of fused-ring (bicyclic) bond motifs is 1. The predicted molar refractivity (Wildman–Crippen MR) is 88.2 cm³/mol. The monoisotopic (exact) mass is 308 g/mol. The minimum absolute atomic E-state index is 0.170. The lowest BCUT2D eigenvalue weighted by Crippen LogP contribution is -2.27. The number of aromatic nitrogens is 2. The SMILES string of the molecule is COC(=O)Cn1c(-c2ccc(C)cc2)nc2ccccc2c1=O. The summed E-state index contributed by atoms with van der Waals surface area (Å²) in [6.07, 6.45) is 0. The Bertz CT molecular complexity index is 927. The molecule has 0 bridgehead atoms. The molecule has 0 unspecified atom stereocenters. The highest BCUT2D eigenvalue weighted by molar-refractivity contribution is 5.80. The minimum atomic E-state index is -0.488. The summed E-state index contributed by atoms with van der Waals surface area (Å²) in [5, 5.41) is 0.479. The zero-order chi connectivity index (χ0) is 16.4. The van der Waals surface area contributed by atoms with Crippen molar-refractivity contribution in [2.24, 2.45) is 0 Å². The second kappa shape index (κ2) is 6.04. The van der Waals surface area contributed by atoms with E-state index in [0.717, 1.165) is 11.1 Å². The molecule has 23 heavy (non-hydrogen) atoms. The van der Waals surface area contributed by atoms with E-state index in [1.165, 1.54) is 11.7 Å². The van der Waals surface area contributed by atoms with Gasteiger partial charge in [0.2, 0.25) is 0 Å². The van der Waals surface area contributed by atoms with E-state index in [-0.39, 0.29) is 12.1 Å². The quantitative estimate of drug-likeness (QED) is 0.698. The second-order valence-electron chi connectivity index (χ2n) is 5.29. The average Bonchev–Trinajstić information content (AvgIpc) is 2.58. The van der Waals surface area contributed by atoms with Gasteiger partial charge in [-0.3, -0.25) is 14.2 Å². The van der Waals surface area contributed by atoms with Gasteiger partial charge in [0.1, 0.15) is 12.4 Å². The highest BCUT2D eigenvalue weighted by Gasteiger charge is 2.15. The third kappa shape index (κ3) is 2.85. The van der Waals surface area contributed by atoms with Crippen molar-refractivity contribution in [3.8, 4) is 11.4 Å². The number of nitrogens with zero attached hydrogens (tertiary/aromatic N) is 2. The average molecular weight is 308 g/mol. The van der Waals surface area contributed by atoms with E-state index in [4.69, 9.17) is 4.74 Å². The standard InChI is InChI=1S/C18H16N2O3/c1-12-7-9-13(10-8-12)17-19-15-6-4-3-5-14(15)18(22)20(17)11-16(21)23-2/h3-10H,11H2,1-2H3. The molecule has 0 radical (unpaired) electrons. The highest BCUT2D eigenvalue weighted by Crippen LogP contribution is 2.19. The number of carbonyl (C=O) groups is 1. The fourth-order valence-corrected chi connectivity index (χ4v) is 2.43. The van der Waals surface area contributed by atoms with Crippen LogP contribution in [0.25, 0.3) is 22.3 Å². The van der Waals surface area contributed by atoms with E-state index < -0.39 is 5.97 Å². The Morgan fingerprint density at radius 2 is 1.83 bits per heavy atom. The molecule has 1 heterocycles. The van der Waals surface area contributed by atoms with E-state index in [0.29, 0.717) is 16.7 Å². The molecule has 1 aromatic heterocycles. The molecule has 5 heteroatoms. The maximum atomic E-state index is 12.8. The molecule has 3 rings (SSSR count). The lowest BCUT2D eigenvalue weighted by atomic mass is 10.1. The Morgan fingerprint density at radius 3 is 2.52 bits per heavy atom. The molecule has 0 aliphatic carbocycles. The number of rotatable bonds is 3. The van der Waals surface area contributed by atoms with Crippen LogP contribution in [0, 0.1) is 6.92 Å². The molecule has 0 saturated carbocycles. The summed E-state index contributed by atoms with van der Waals surface area (Å²) in [5.41, 5.74) is 2.24. The zero-order valence-electron chi connectivity index (χ0n) is 12.9. The minimum Gasteiger partial charge on any atom is -0.468 e. The molecule has 0 aliphatic rings. The van der Waals surface area contributed by atoms with Gasteiger partial charge in [-0.05, 0) is 19.1 Å². The Labute approximate surface area is 133 Å². The Hall–Kier alpha value is -2.95. The zero-order valence-corrected chi connectivity index (χ0v) is 12.9. The van der Waals surface area contributed by atoms with Crippen molar-refractivity contribution < 1.29 is 9.53 Å². The van der Waals surface area contributed by atoms with Crippen LogP contribution in [0.4, 0.5) is 0 Å². The summed E-state index contributed by atoms with van der Waals surface area (Å²) in [5.74, 6) is -0.0309. The van der Waals surface area contributed by atoms with Gasteiger partial charge in [-0.1, -0.05) is 42.0 Å². The number of esters is 1. The van der Waals surface area contributed by atoms with Gasteiger partial charge in [-0.25, -0.2) is 4.98 Å². The number of carbonyl (C=O) groups excluding carboxylic acids is 1. The summed E-state index contributed by atoms with van der Waals surface area (Å²) in [6, 6.07) is 14.8. The smallest absolute Gasteiger partial charge is 0.325 e. The number of hydrogen-bond acceptors (Lipinski definition) is 4. The normalized spacial score (nSPS) is 10.7. The first-order valence-electron chi connectivity index (χ1n) is 7.23. The number of hydrogen-bond donors (Lipinski definition) is 0. The first kappa shape index (κ1) is 15.0. The van der Waals surface area contributed by atoms with Gasteiger partial charge in [-0.15, -0.1) is 0 Å². The molecule has 2 aromatic carbocycles. The Kier molecular flexibility index (Phi) is 3.93. The van der Waals surface area contributed by atoms with Crippen LogP contribution in [0.15, 0.2) is 53.3 Å². The van der Waals surface area contributed by atoms with Crippen LogP contribution < -0.4 is 5.56 Å². The van der Waals surface area contributed by atoms with Crippen LogP contribution in [0.1, 0.15) is 5.56 Å². The number of aryl methyl sites for hydroxylation is 1. The van der Waals surface area contributed by atoms with Gasteiger partial charge in [0, 0.05) is 5.56 Å². The van der Waals surface area contributed by atoms with E-state index >= 15 is 0 Å². The Balaban J connectivity index is 2.29. The van der Waals surface area contributed by atoms with Gasteiger partial charge in [0.15, 0.2) is 0 Å². The fourth-order valence-electron chi connectivity index (χ4n) is 2.43. The lowest BCUT2D eigenvalue weighted by Gasteiger charge is -2.13. The maximum Gasteiger partial charge on any atom is 0.325 e. The summed E-state index contributed by atoms with van der Waals surface area (Å²) in [7, 11) is 1.30. The summed E-state index contributed by atoms with van der Waals surface area (Å²) < 4.78 is 6.06. The van der Waals surface area contributed by atoms with Crippen molar-refractivity contribution in [1.82, 2.24) is 9.55 Å². The molecular weight excluding hydrogens is 292 g/mol. The van der Waals surface area contributed by atoms with E-state index in [1.807, 2.05) is 37.3 Å². The van der Waals surface area contributed by atoms with Crippen molar-refractivity contribution in [3.05, 3.63) is 64.4 Å². The van der Waals surface area contributed by atoms with E-state index in [1.54, 1.807) is 18.2 Å². The molecule has 116 valence electrons. The number of methoxy groups -OCH3 is 1. The largest absolute Gasteiger partial charge is 0.468 e. The number of benzene rings is 2. The van der Waals surface area contributed by atoms with E-state index in [9.17, 15) is 9.59 Å². The van der Waals surface area contributed by atoms with Crippen LogP contribution in [0.3, 0.4) is 0 Å². The van der Waals surface area contributed by atoms with Crippen LogP contribution in [0.5, 0.6) is 0 Å². The van der Waals surface area contributed by atoms with Gasteiger partial charge in [-0.2, -0.15) is 0 Å². The highest BCUT2D eigenvalue weighted by atomic mass is 16.5. The summed E-state index contributed by atoms with van der Waals surface area (Å²) >= 11 is 0. The summed E-state index contributed by atoms with van der Waals surface area (Å²) in [6.45, 7) is 1.81. The van der Waals surface area contributed by atoms with Crippen LogP contribution in [-0.4, -0.2) is 22.6 Å². The maximum absolute atomic E-state index is 12.8. The molecule has 0 amide bonds. The molecule has 0 N–H and O–H groups in total. The first-order valence-corrected chi connectivity index (χ1v) is 7.23. The van der Waals surface area contributed by atoms with Crippen molar-refractivity contribution in [2.75, 3.05) is 7.11 Å². The van der Waals surface area contributed by atoms with Crippen LogP contribution >= 0.6 is 0 Å². The Morgan fingerprint density at radius 1 is 1.13 bits per heavy atom. The molecule has 0 atom stereocenters. The first-order chi connectivity index (χ1) is 11.1. The van der Waals surface area contributed by atoms with Gasteiger partial charge in [0.05, 0.1) is 18.0 Å². The number of ether oxygens (including phenoxy) is 1. The third-order valence-corrected chi connectivity index (χ3v) is 3.69. The molecular formula is C18H16N2O3. The predicted octanol–water partition coefficient (Wildman–Crippen LogP) is 2.54. The summed E-state index contributed by atoms with van der Waals surface area (Å²) in [4.78, 5) is 29.0. The van der Waals surface area contributed by atoms with Gasteiger partial charge >= 0.3 is 5.97 Å². The third-order valence-electron chi connectivity index (χ3n) is 3.69. The van der Waals surface area contributed by atoms with Crippen molar-refractivity contribution in [2.45, 2.75) is 13.5 Å². The molecule has 0 aliphatic heterocycles. The second-order valence-corrected chi connectivity index (χ2v) is 5.29. The van der Waals surface area contributed by atoms with Crippen molar-refractivity contribution in [1.29, 1.82) is 0 Å². The van der Waals surface area contributed by atoms with E-state index in [2.05, 4.69) is 4.98 Å². The van der Waals surface area contributed by atoms with Gasteiger partial charge < -0.3 is 4.74 Å². The van der Waals surface area contributed by atoms with Gasteiger partial charge in [0.25, 0.3) is 5.56 Å². The number of para-hydroxylation sites is 1. The van der Waals surface area contributed by atoms with Crippen molar-refractivity contribution >= 4 is 16.9 Å². The topological polar surface area (TPSA) is 61.2 Å². The molecule has 3 aromatic rings. The lowest BCUT2D eigenvalue weighted by molar-refractivity contribution is -0.141. The molecule has 0 saturated heterocycles. The van der Waals surface area contributed by atoms with Crippen molar-refractivity contribution in [3.63, 3.8) is 0 Å². The molecule has 0 fully saturated rings. The fraction of sp³-hybridized carbons (Fsp3) is 0.167. The van der Waals surface area contributed by atoms with Crippen LogP contribution in [0.2, 0.25) is 0 Å². The molecule has 5 nitrogen and oxygen atoms in total. The molecule has 0 spiro atoms.